The van der Waals surface area contributed by atoms with Gasteiger partial charge in [-0.15, -0.1) is 0 Å². The summed E-state index contributed by atoms with van der Waals surface area (Å²) in [5.74, 6) is -0.879. The molecular formula is C69H118NO8P. The van der Waals surface area contributed by atoms with Crippen LogP contribution in [0.15, 0.2) is 122 Å². The summed E-state index contributed by atoms with van der Waals surface area (Å²) >= 11 is 0. The van der Waals surface area contributed by atoms with E-state index in [1.54, 1.807) is 0 Å². The average Bonchev–Trinajstić information content (AvgIpc) is 3.44. The maximum atomic E-state index is 12.7. The fourth-order valence-electron chi connectivity index (χ4n) is 8.62. The molecule has 0 saturated heterocycles. The summed E-state index contributed by atoms with van der Waals surface area (Å²) in [5.41, 5.74) is 5.39. The Balaban J connectivity index is 4.01. The van der Waals surface area contributed by atoms with Crippen LogP contribution in [0.25, 0.3) is 0 Å². The van der Waals surface area contributed by atoms with Crippen LogP contribution in [-0.4, -0.2) is 49.3 Å². The Morgan fingerprint density at radius 1 is 0.392 bits per heavy atom. The maximum absolute atomic E-state index is 12.7. The van der Waals surface area contributed by atoms with Crippen molar-refractivity contribution >= 4 is 19.8 Å². The van der Waals surface area contributed by atoms with Gasteiger partial charge >= 0.3 is 19.8 Å². The van der Waals surface area contributed by atoms with Crippen molar-refractivity contribution in [1.29, 1.82) is 0 Å². The molecule has 0 aromatic heterocycles. The minimum atomic E-state index is -4.41. The lowest BCUT2D eigenvalue weighted by Crippen LogP contribution is -2.29. The molecule has 79 heavy (non-hydrogen) atoms. The lowest BCUT2D eigenvalue weighted by molar-refractivity contribution is -0.161. The van der Waals surface area contributed by atoms with Crippen LogP contribution in [0.5, 0.6) is 0 Å². The van der Waals surface area contributed by atoms with E-state index in [1.807, 2.05) is 0 Å². The highest BCUT2D eigenvalue weighted by Crippen LogP contribution is 2.43. The number of rotatable bonds is 59. The summed E-state index contributed by atoms with van der Waals surface area (Å²) in [7, 11) is -4.41. The van der Waals surface area contributed by atoms with Gasteiger partial charge < -0.3 is 20.1 Å². The highest BCUT2D eigenvalue weighted by Gasteiger charge is 2.26. The first-order chi connectivity index (χ1) is 38.8. The first-order valence-electron chi connectivity index (χ1n) is 32.0. The van der Waals surface area contributed by atoms with E-state index in [0.717, 1.165) is 89.9 Å². The summed E-state index contributed by atoms with van der Waals surface area (Å²) < 4.78 is 33.1. The summed E-state index contributed by atoms with van der Waals surface area (Å²) in [5, 5.41) is 0. The molecule has 0 fully saturated rings. The van der Waals surface area contributed by atoms with Gasteiger partial charge in [0.1, 0.15) is 6.61 Å². The van der Waals surface area contributed by atoms with Crippen molar-refractivity contribution in [3.05, 3.63) is 122 Å². The van der Waals surface area contributed by atoms with Gasteiger partial charge in [0, 0.05) is 19.4 Å². The highest BCUT2D eigenvalue weighted by atomic mass is 31.2. The van der Waals surface area contributed by atoms with Crippen molar-refractivity contribution in [2.45, 2.75) is 277 Å². The molecule has 0 aliphatic carbocycles. The Bertz CT molecular complexity index is 1710. The molecule has 0 spiro atoms. The zero-order valence-electron chi connectivity index (χ0n) is 50.6. The lowest BCUT2D eigenvalue weighted by Gasteiger charge is -2.19. The van der Waals surface area contributed by atoms with Crippen molar-refractivity contribution in [3.8, 4) is 0 Å². The van der Waals surface area contributed by atoms with Crippen molar-refractivity contribution in [3.63, 3.8) is 0 Å². The zero-order valence-corrected chi connectivity index (χ0v) is 51.5. The number of allylic oxidation sites excluding steroid dienone is 20. The van der Waals surface area contributed by atoms with E-state index in [1.165, 1.54) is 148 Å². The second-order valence-electron chi connectivity index (χ2n) is 20.9. The molecule has 0 aliphatic rings. The summed E-state index contributed by atoms with van der Waals surface area (Å²) in [6.07, 6.45) is 88.5. The summed E-state index contributed by atoms with van der Waals surface area (Å²) in [4.78, 5) is 35.3. The third-order valence-corrected chi connectivity index (χ3v) is 14.3. The van der Waals surface area contributed by atoms with Gasteiger partial charge in [0.15, 0.2) is 6.10 Å². The molecule has 0 amide bonds. The number of hydrogen-bond donors (Lipinski definition) is 2. The number of phosphoric ester groups is 1. The van der Waals surface area contributed by atoms with Crippen LogP contribution in [0.1, 0.15) is 271 Å². The Hall–Kier alpha value is -3.59. The van der Waals surface area contributed by atoms with E-state index in [-0.39, 0.29) is 32.6 Å². The second kappa shape index (κ2) is 63.6. The molecule has 2 atom stereocenters. The maximum Gasteiger partial charge on any atom is 0.472 e. The molecule has 0 heterocycles. The third kappa shape index (κ3) is 63.5. The smallest absolute Gasteiger partial charge is 0.462 e. The van der Waals surface area contributed by atoms with E-state index in [0.29, 0.717) is 6.42 Å². The molecule has 0 radical (unpaired) electrons. The van der Waals surface area contributed by atoms with Crippen molar-refractivity contribution in [2.24, 2.45) is 5.73 Å². The van der Waals surface area contributed by atoms with Crippen LogP contribution in [0.3, 0.4) is 0 Å². The van der Waals surface area contributed by atoms with Gasteiger partial charge in [-0.1, -0.05) is 270 Å². The Morgan fingerprint density at radius 2 is 0.696 bits per heavy atom. The average molecular weight is 1120 g/mol. The fourth-order valence-corrected chi connectivity index (χ4v) is 9.39. The number of nitrogens with two attached hydrogens (primary N) is 1. The van der Waals surface area contributed by atoms with Crippen molar-refractivity contribution < 1.29 is 37.6 Å². The molecule has 10 heteroatoms. The van der Waals surface area contributed by atoms with Crippen LogP contribution < -0.4 is 5.73 Å². The van der Waals surface area contributed by atoms with Gasteiger partial charge in [0.05, 0.1) is 13.2 Å². The van der Waals surface area contributed by atoms with Crippen molar-refractivity contribution in [2.75, 3.05) is 26.4 Å². The van der Waals surface area contributed by atoms with Crippen LogP contribution in [-0.2, 0) is 32.7 Å². The first kappa shape index (κ1) is 75.4. The number of hydrogen-bond acceptors (Lipinski definition) is 8. The third-order valence-electron chi connectivity index (χ3n) is 13.3. The van der Waals surface area contributed by atoms with E-state index < -0.39 is 32.5 Å². The quantitative estimate of drug-likeness (QED) is 0.0264. The Kier molecular flexibility index (Phi) is 60.7. The monoisotopic (exact) mass is 1120 g/mol. The lowest BCUT2D eigenvalue weighted by atomic mass is 10.0. The number of carbonyl (C=O) groups excluding carboxylic acids is 2. The van der Waals surface area contributed by atoms with Gasteiger partial charge in [0.25, 0.3) is 0 Å². The van der Waals surface area contributed by atoms with E-state index >= 15 is 0 Å². The first-order valence-corrected chi connectivity index (χ1v) is 33.5. The molecule has 0 saturated carbocycles. The van der Waals surface area contributed by atoms with Gasteiger partial charge in [-0.05, 0) is 109 Å². The topological polar surface area (TPSA) is 134 Å². The van der Waals surface area contributed by atoms with Gasteiger partial charge in [-0.2, -0.15) is 0 Å². The zero-order chi connectivity index (χ0) is 57.3. The van der Waals surface area contributed by atoms with Crippen molar-refractivity contribution in [1.82, 2.24) is 0 Å². The fraction of sp³-hybridized carbons (Fsp3) is 0.681. The van der Waals surface area contributed by atoms with Gasteiger partial charge in [0.2, 0.25) is 0 Å². The Morgan fingerprint density at radius 3 is 1.06 bits per heavy atom. The molecule has 0 bridgehead atoms. The van der Waals surface area contributed by atoms with Crippen LogP contribution in [0, 0.1) is 0 Å². The molecule has 0 aromatic rings. The SMILES string of the molecule is CC/C=C\C/C=C\C/C=C\C/C=C\C/C=C\C/C=C\C/C=C\C/C=C\CCCCC(=O)OC(COC(=O)CCCCCCCCCCCCCCCCCCCCC/C=C\C/C=C\CCCCCCC)COP(=O)(O)OCCN. The molecule has 2 unspecified atom stereocenters. The van der Waals surface area contributed by atoms with E-state index in [4.69, 9.17) is 24.3 Å². The van der Waals surface area contributed by atoms with Gasteiger partial charge in [-0.3, -0.25) is 18.6 Å². The predicted molar refractivity (Wildman–Crippen MR) is 339 cm³/mol. The number of carbonyl (C=O) groups is 2. The molecule has 0 aromatic carbocycles. The van der Waals surface area contributed by atoms with E-state index in [2.05, 4.69) is 135 Å². The van der Waals surface area contributed by atoms with Crippen LogP contribution >= 0.6 is 7.82 Å². The number of ether oxygens (including phenoxy) is 2. The summed E-state index contributed by atoms with van der Waals surface area (Å²) in [6, 6.07) is 0. The largest absolute Gasteiger partial charge is 0.472 e. The normalized spacial score (nSPS) is 13.8. The number of unbranched alkanes of at least 4 members (excludes halogenated alkanes) is 26. The van der Waals surface area contributed by atoms with Crippen LogP contribution in [0.4, 0.5) is 0 Å². The predicted octanol–water partition coefficient (Wildman–Crippen LogP) is 20.7. The molecule has 0 aliphatic heterocycles. The Labute approximate surface area is 485 Å². The second-order valence-corrected chi connectivity index (χ2v) is 22.3. The molecule has 452 valence electrons. The van der Waals surface area contributed by atoms with E-state index in [9.17, 15) is 19.0 Å². The molecule has 0 rings (SSSR count). The summed E-state index contributed by atoms with van der Waals surface area (Å²) in [6.45, 7) is 3.58. The van der Waals surface area contributed by atoms with Gasteiger partial charge in [-0.25, -0.2) is 4.57 Å². The van der Waals surface area contributed by atoms with Crippen LogP contribution in [0.2, 0.25) is 0 Å². The number of phosphoric acid groups is 1. The highest BCUT2D eigenvalue weighted by molar-refractivity contribution is 7.47. The minimum absolute atomic E-state index is 0.0405. The minimum Gasteiger partial charge on any atom is -0.462 e. The number of esters is 2. The standard InChI is InChI=1S/C69H118NO8P/c1-3-5-7-9-11-13-15-17-19-21-23-25-27-29-31-32-33-34-36-37-39-41-43-45-47-49-51-53-55-57-59-61-68(71)75-65-67(66-77-79(73,74)76-64-63-70)78-69(72)62-60-58-56-54-52-50-48-46-44-42-40-38-35-30-28-26-24-22-20-18-16-14-12-10-8-6-4-2/h6,8,12,14-15,17-18,20-21,23-24,26,30,35,40,42,46,48,52,54,67H,3-5,7,9-11,13,16,19,22,25,27-29,31-34,36-39,41,43-45,47,49-51,53,55-66,70H2,1-2H3,(H,73,74)/b8-6-,14-12-,17-15-,20-18-,23-21-,26-24-,35-30-,42-40-,48-46-,54-52-. The molecular weight excluding hydrogens is 1000 g/mol. The molecule has 9 nitrogen and oxygen atoms in total. The molecule has 3 N–H and O–H groups in total.